The lowest BCUT2D eigenvalue weighted by Gasteiger charge is -2.31. The third-order valence-electron chi connectivity index (χ3n) is 6.68. The maximum absolute atomic E-state index is 13.1. The molecular weight excluding hydrogens is 529 g/mol. The van der Waals surface area contributed by atoms with Crippen molar-refractivity contribution in [2.24, 2.45) is 5.92 Å². The summed E-state index contributed by atoms with van der Waals surface area (Å²) in [6.07, 6.45) is 2.78. The number of rotatable bonds is 11. The van der Waals surface area contributed by atoms with Crippen molar-refractivity contribution in [2.45, 2.75) is 19.4 Å². The highest BCUT2D eigenvalue weighted by Crippen LogP contribution is 2.26. The van der Waals surface area contributed by atoms with E-state index in [1.165, 1.54) is 17.7 Å². The van der Waals surface area contributed by atoms with Gasteiger partial charge in [-0.2, -0.15) is 0 Å². The summed E-state index contributed by atoms with van der Waals surface area (Å²) < 4.78 is 24.4. The Bertz CT molecular complexity index is 1300. The molecule has 0 bridgehead atoms. The van der Waals surface area contributed by atoms with Gasteiger partial charge in [-0.3, -0.25) is 4.79 Å². The lowest BCUT2D eigenvalue weighted by molar-refractivity contribution is -0.134. The standard InChI is InChI=1S/C28H30FNO3.C4H4O4/c1-32-26-12-8-21(9-13-26)27-5-3-2-4-24(27)20-33-19-18-30-16-14-23(15-17-30)28(31)22-6-10-25(29)11-7-22;5-3(6)1-2-4(7)8/h2-13,23H,14-20H2,1H3;1-2H,(H,5,6)(H,7,8). The molecule has 0 unspecified atom stereocenters. The predicted octanol–water partition coefficient (Wildman–Crippen LogP) is 5.32. The molecule has 216 valence electrons. The minimum absolute atomic E-state index is 0.0176. The van der Waals surface area contributed by atoms with E-state index in [1.807, 2.05) is 24.3 Å². The number of methoxy groups -OCH3 is 1. The molecule has 0 aromatic heterocycles. The number of carboxylic acids is 2. The van der Waals surface area contributed by atoms with Crippen LogP contribution in [0.3, 0.4) is 0 Å². The lowest BCUT2D eigenvalue weighted by Crippen LogP contribution is -2.38. The Balaban J connectivity index is 0.000000507. The first-order valence-electron chi connectivity index (χ1n) is 13.2. The van der Waals surface area contributed by atoms with Crippen LogP contribution in [0.5, 0.6) is 5.75 Å². The van der Waals surface area contributed by atoms with Crippen LogP contribution in [0.4, 0.5) is 4.39 Å². The SMILES string of the molecule is COc1ccc(-c2ccccc2COCCN2CCC(C(=O)c3ccc(F)cc3)CC2)cc1.O=C(O)C=CC(=O)O. The van der Waals surface area contributed by atoms with Crippen molar-refractivity contribution in [2.75, 3.05) is 33.4 Å². The Morgan fingerprint density at radius 3 is 2.10 bits per heavy atom. The zero-order chi connectivity index (χ0) is 29.6. The van der Waals surface area contributed by atoms with Gasteiger partial charge in [0.1, 0.15) is 11.6 Å². The molecular formula is C32H34FNO7. The van der Waals surface area contributed by atoms with Gasteiger partial charge in [0, 0.05) is 30.2 Å². The third-order valence-corrected chi connectivity index (χ3v) is 6.68. The van der Waals surface area contributed by atoms with Crippen LogP contribution < -0.4 is 4.74 Å². The first-order chi connectivity index (χ1) is 19.8. The van der Waals surface area contributed by atoms with Gasteiger partial charge in [0.2, 0.25) is 0 Å². The number of benzene rings is 3. The predicted molar refractivity (Wildman–Crippen MR) is 152 cm³/mol. The number of aliphatic carboxylic acids is 2. The summed E-state index contributed by atoms with van der Waals surface area (Å²) in [6, 6.07) is 22.2. The molecule has 9 heteroatoms. The zero-order valence-electron chi connectivity index (χ0n) is 22.9. The van der Waals surface area contributed by atoms with Gasteiger partial charge in [-0.1, -0.05) is 36.4 Å². The highest BCUT2D eigenvalue weighted by atomic mass is 19.1. The van der Waals surface area contributed by atoms with Crippen molar-refractivity contribution < 1.29 is 38.5 Å². The maximum atomic E-state index is 13.1. The second kappa shape index (κ2) is 16.1. The average molecular weight is 564 g/mol. The van der Waals surface area contributed by atoms with E-state index in [-0.39, 0.29) is 17.5 Å². The van der Waals surface area contributed by atoms with Gasteiger partial charge in [-0.05, 0) is 79.0 Å². The first kappa shape index (κ1) is 31.2. The van der Waals surface area contributed by atoms with Gasteiger partial charge in [-0.25, -0.2) is 14.0 Å². The third kappa shape index (κ3) is 10.3. The van der Waals surface area contributed by atoms with Crippen LogP contribution in [0.2, 0.25) is 0 Å². The normalized spacial score (nSPS) is 13.8. The Morgan fingerprint density at radius 1 is 0.902 bits per heavy atom. The first-order valence-corrected chi connectivity index (χ1v) is 13.2. The summed E-state index contributed by atoms with van der Waals surface area (Å²) in [5.74, 6) is -1.84. The summed E-state index contributed by atoms with van der Waals surface area (Å²) in [6.45, 7) is 3.81. The molecule has 8 nitrogen and oxygen atoms in total. The Morgan fingerprint density at radius 2 is 1.51 bits per heavy atom. The number of hydrogen-bond donors (Lipinski definition) is 2. The molecule has 1 fully saturated rings. The van der Waals surface area contributed by atoms with E-state index in [0.717, 1.165) is 49.4 Å². The molecule has 0 aliphatic carbocycles. The van der Waals surface area contributed by atoms with Crippen LogP contribution in [-0.2, 0) is 20.9 Å². The Kier molecular flexibility index (Phi) is 12.2. The second-order valence-corrected chi connectivity index (χ2v) is 9.44. The van der Waals surface area contributed by atoms with E-state index in [2.05, 4.69) is 29.2 Å². The highest BCUT2D eigenvalue weighted by molar-refractivity contribution is 5.97. The van der Waals surface area contributed by atoms with Crippen molar-refractivity contribution in [1.82, 2.24) is 4.90 Å². The molecule has 1 aliphatic heterocycles. The summed E-state index contributed by atoms with van der Waals surface area (Å²) in [5, 5.41) is 15.6. The van der Waals surface area contributed by atoms with Crippen LogP contribution in [0, 0.1) is 11.7 Å². The molecule has 3 aromatic carbocycles. The molecule has 4 rings (SSSR count). The molecule has 0 spiro atoms. The molecule has 1 aliphatic rings. The number of ether oxygens (including phenoxy) is 2. The van der Waals surface area contributed by atoms with Gasteiger partial charge < -0.3 is 24.6 Å². The van der Waals surface area contributed by atoms with Crippen LogP contribution in [0.15, 0.2) is 84.9 Å². The molecule has 0 radical (unpaired) electrons. The number of likely N-dealkylation sites (tertiary alicyclic amines) is 1. The quantitative estimate of drug-likeness (QED) is 0.183. The molecule has 0 amide bonds. The number of ketones is 1. The monoisotopic (exact) mass is 563 g/mol. The molecule has 2 N–H and O–H groups in total. The second-order valence-electron chi connectivity index (χ2n) is 9.44. The largest absolute Gasteiger partial charge is 0.497 e. The number of nitrogens with zero attached hydrogens (tertiary/aromatic N) is 1. The van der Waals surface area contributed by atoms with Crippen molar-refractivity contribution in [3.8, 4) is 16.9 Å². The summed E-state index contributed by atoms with van der Waals surface area (Å²) in [7, 11) is 1.67. The van der Waals surface area contributed by atoms with Gasteiger partial charge in [0.05, 0.1) is 20.3 Å². The number of halogens is 1. The van der Waals surface area contributed by atoms with Crippen molar-refractivity contribution >= 4 is 17.7 Å². The average Bonchev–Trinajstić information content (AvgIpc) is 2.99. The van der Waals surface area contributed by atoms with E-state index in [9.17, 15) is 18.8 Å². The van der Waals surface area contributed by atoms with Gasteiger partial charge in [-0.15, -0.1) is 0 Å². The zero-order valence-corrected chi connectivity index (χ0v) is 22.9. The van der Waals surface area contributed by atoms with E-state index < -0.39 is 11.9 Å². The molecule has 41 heavy (non-hydrogen) atoms. The van der Waals surface area contributed by atoms with Crippen molar-refractivity contribution in [3.63, 3.8) is 0 Å². The molecule has 1 saturated heterocycles. The minimum Gasteiger partial charge on any atom is -0.497 e. The van der Waals surface area contributed by atoms with Crippen LogP contribution in [-0.4, -0.2) is 66.2 Å². The fraction of sp³-hybridized carbons (Fsp3) is 0.281. The number of carboxylic acid groups (broad SMARTS) is 2. The smallest absolute Gasteiger partial charge is 0.328 e. The topological polar surface area (TPSA) is 113 Å². The minimum atomic E-state index is -1.26. The molecule has 1 heterocycles. The number of hydrogen-bond acceptors (Lipinski definition) is 6. The fourth-order valence-corrected chi connectivity index (χ4v) is 4.49. The van der Waals surface area contributed by atoms with E-state index in [4.69, 9.17) is 19.7 Å². The van der Waals surface area contributed by atoms with Crippen molar-refractivity contribution in [3.05, 3.63) is 102 Å². The van der Waals surface area contributed by atoms with Crippen LogP contribution in [0.25, 0.3) is 11.1 Å². The van der Waals surface area contributed by atoms with E-state index in [0.29, 0.717) is 30.9 Å². The summed E-state index contributed by atoms with van der Waals surface area (Å²) >= 11 is 0. The number of carbonyl (C=O) groups is 3. The highest BCUT2D eigenvalue weighted by Gasteiger charge is 2.25. The Labute approximate surface area is 238 Å². The van der Waals surface area contributed by atoms with Gasteiger partial charge in [0.25, 0.3) is 0 Å². The number of carbonyl (C=O) groups excluding carboxylic acids is 1. The fourth-order valence-electron chi connectivity index (χ4n) is 4.49. The summed E-state index contributed by atoms with van der Waals surface area (Å²) in [4.78, 5) is 34.1. The number of Topliss-reactive ketones (excluding diaryl/α,β-unsaturated/α-hetero) is 1. The summed E-state index contributed by atoms with van der Waals surface area (Å²) in [5.41, 5.74) is 4.07. The maximum Gasteiger partial charge on any atom is 0.328 e. The van der Waals surface area contributed by atoms with Gasteiger partial charge >= 0.3 is 11.9 Å². The number of piperidine rings is 1. The van der Waals surface area contributed by atoms with E-state index in [1.54, 1.807) is 19.2 Å². The molecule has 3 aromatic rings. The molecule has 0 atom stereocenters. The van der Waals surface area contributed by atoms with Crippen LogP contribution >= 0.6 is 0 Å². The van der Waals surface area contributed by atoms with E-state index >= 15 is 0 Å². The van der Waals surface area contributed by atoms with Crippen molar-refractivity contribution in [1.29, 1.82) is 0 Å². The van der Waals surface area contributed by atoms with Crippen LogP contribution in [0.1, 0.15) is 28.8 Å². The van der Waals surface area contributed by atoms with Gasteiger partial charge in [0.15, 0.2) is 5.78 Å². The Hall–Kier alpha value is -4.34. The lowest BCUT2D eigenvalue weighted by atomic mass is 9.89. The molecule has 0 saturated carbocycles.